The highest BCUT2D eigenvalue weighted by atomic mass is 31.2. The van der Waals surface area contributed by atoms with Crippen LogP contribution in [0.25, 0.3) is 0 Å². The van der Waals surface area contributed by atoms with Crippen LogP contribution < -0.4 is 0 Å². The Morgan fingerprint density at radius 2 is 1.70 bits per heavy atom. The zero-order valence-electron chi connectivity index (χ0n) is 18.9. The summed E-state index contributed by atoms with van der Waals surface area (Å²) < 4.78 is 16.5. The maximum atomic E-state index is 11.7. The van der Waals surface area contributed by atoms with Crippen molar-refractivity contribution in [2.24, 2.45) is 0 Å². The van der Waals surface area contributed by atoms with Gasteiger partial charge in [-0.15, -0.1) is 0 Å². The van der Waals surface area contributed by atoms with Gasteiger partial charge in [0, 0.05) is 12.8 Å². The Morgan fingerprint density at radius 3 is 2.23 bits per heavy atom. The van der Waals surface area contributed by atoms with E-state index in [1.165, 1.54) is 18.4 Å². The highest BCUT2D eigenvalue weighted by molar-refractivity contribution is 7.49. The molecule has 2 rings (SSSR count). The van der Waals surface area contributed by atoms with Crippen molar-refractivity contribution in [3.63, 3.8) is 0 Å². The Balaban J connectivity index is 0.00000218. The molecule has 30 heavy (non-hydrogen) atoms. The molecular weight excluding hydrogens is 401 g/mol. The van der Waals surface area contributed by atoms with Gasteiger partial charge in [-0.05, 0) is 37.8 Å². The van der Waals surface area contributed by atoms with Gasteiger partial charge in [0.25, 0.3) is 0 Å². The zero-order valence-corrected chi connectivity index (χ0v) is 19.8. The quantitative estimate of drug-likeness (QED) is 0.386. The standard InChI is InChI=1S/C21H30NO5P.C2H6/c1-4-7-8-16-9-11-17(12-10-16)13-18-15-25-20(22-18)14-19(21(23)24)28(26-5-2)27-6-3;1-2/h9-12,15,19H,4-8,13-14H2,1-3H3,(H,23,24);1-2H3. The van der Waals surface area contributed by atoms with Crippen LogP contribution in [0.5, 0.6) is 0 Å². The molecule has 0 amide bonds. The van der Waals surface area contributed by atoms with E-state index in [1.54, 1.807) is 6.26 Å². The van der Waals surface area contributed by atoms with Gasteiger partial charge in [0.2, 0.25) is 0 Å². The first kappa shape index (κ1) is 26.3. The van der Waals surface area contributed by atoms with Crippen LogP contribution in [0.15, 0.2) is 34.9 Å². The van der Waals surface area contributed by atoms with Crippen LogP contribution in [0.2, 0.25) is 0 Å². The number of hydrogen-bond donors (Lipinski definition) is 1. The lowest BCUT2D eigenvalue weighted by molar-refractivity contribution is -0.136. The lowest BCUT2D eigenvalue weighted by Crippen LogP contribution is -2.23. The minimum Gasteiger partial charge on any atom is -0.481 e. The normalized spacial score (nSPS) is 11.8. The topological polar surface area (TPSA) is 81.8 Å². The van der Waals surface area contributed by atoms with E-state index in [4.69, 9.17) is 13.5 Å². The second-order valence-corrected chi connectivity index (χ2v) is 8.22. The molecule has 1 heterocycles. The van der Waals surface area contributed by atoms with E-state index >= 15 is 0 Å². The smallest absolute Gasteiger partial charge is 0.316 e. The number of benzene rings is 1. The number of rotatable bonds is 13. The molecule has 0 saturated heterocycles. The van der Waals surface area contributed by atoms with E-state index in [-0.39, 0.29) is 6.42 Å². The maximum Gasteiger partial charge on any atom is 0.316 e. The Kier molecular flexibility index (Phi) is 13.2. The SMILES string of the molecule is CC.CCCCc1ccc(Cc2coc(CC(C(=O)O)P(OCC)OCC)n2)cc1. The third kappa shape index (κ3) is 8.95. The molecule has 1 aromatic carbocycles. The maximum absolute atomic E-state index is 11.7. The zero-order chi connectivity index (χ0) is 22.4. The number of aromatic nitrogens is 1. The van der Waals surface area contributed by atoms with Crippen molar-refractivity contribution in [1.82, 2.24) is 4.98 Å². The minimum absolute atomic E-state index is 0.150. The fourth-order valence-electron chi connectivity index (χ4n) is 2.83. The number of carbonyl (C=O) groups is 1. The van der Waals surface area contributed by atoms with Crippen molar-refractivity contribution in [1.29, 1.82) is 0 Å². The van der Waals surface area contributed by atoms with Crippen LogP contribution in [0.4, 0.5) is 0 Å². The first-order chi connectivity index (χ1) is 14.6. The second kappa shape index (κ2) is 15.1. The Hall–Kier alpha value is -1.75. The minimum atomic E-state index is -1.53. The van der Waals surface area contributed by atoms with Crippen molar-refractivity contribution < 1.29 is 23.4 Å². The van der Waals surface area contributed by atoms with Crippen molar-refractivity contribution in [2.45, 2.75) is 72.4 Å². The van der Waals surface area contributed by atoms with Crippen molar-refractivity contribution in [3.05, 3.63) is 53.2 Å². The summed E-state index contributed by atoms with van der Waals surface area (Å²) in [5.74, 6) is -0.565. The summed E-state index contributed by atoms with van der Waals surface area (Å²) in [5, 5.41) is 9.57. The van der Waals surface area contributed by atoms with Crippen molar-refractivity contribution in [3.8, 4) is 0 Å². The predicted octanol–water partition coefficient (Wildman–Crippen LogP) is 6.01. The van der Waals surface area contributed by atoms with Crippen LogP contribution in [0, 0.1) is 0 Å². The number of aliphatic carboxylic acids is 1. The number of aryl methyl sites for hydroxylation is 1. The summed E-state index contributed by atoms with van der Waals surface area (Å²) in [6.45, 7) is 10.6. The number of carboxylic acids is 1. The third-order valence-corrected chi connectivity index (χ3v) is 6.18. The van der Waals surface area contributed by atoms with Crippen LogP contribution >= 0.6 is 8.38 Å². The molecule has 0 saturated carbocycles. The van der Waals surface area contributed by atoms with Crippen LogP contribution in [-0.2, 0) is 33.1 Å². The van der Waals surface area contributed by atoms with Crippen molar-refractivity contribution in [2.75, 3.05) is 13.2 Å². The van der Waals surface area contributed by atoms with Gasteiger partial charge in [0.15, 0.2) is 14.3 Å². The molecule has 0 spiro atoms. The van der Waals surface area contributed by atoms with E-state index in [0.717, 1.165) is 17.7 Å². The van der Waals surface area contributed by atoms with Crippen molar-refractivity contribution >= 4 is 14.3 Å². The molecule has 7 heteroatoms. The van der Waals surface area contributed by atoms with E-state index in [2.05, 4.69) is 36.2 Å². The molecule has 0 radical (unpaired) electrons. The summed E-state index contributed by atoms with van der Waals surface area (Å²) in [6.07, 6.45) is 5.89. The molecule has 6 nitrogen and oxygen atoms in total. The first-order valence-electron chi connectivity index (χ1n) is 10.9. The second-order valence-electron chi connectivity index (χ2n) is 6.51. The predicted molar refractivity (Wildman–Crippen MR) is 121 cm³/mol. The molecule has 1 unspecified atom stereocenters. The van der Waals surface area contributed by atoms with Gasteiger partial charge in [0.05, 0.1) is 18.9 Å². The molecular formula is C23H36NO5P. The highest BCUT2D eigenvalue weighted by Crippen LogP contribution is 2.45. The third-order valence-electron chi connectivity index (χ3n) is 4.25. The molecule has 1 N–H and O–H groups in total. The number of hydrogen-bond acceptors (Lipinski definition) is 5. The summed E-state index contributed by atoms with van der Waals surface area (Å²) in [5.41, 5.74) is 2.48. The number of nitrogens with zero attached hydrogens (tertiary/aromatic N) is 1. The first-order valence-corrected chi connectivity index (χ1v) is 12.1. The van der Waals surface area contributed by atoms with E-state index in [1.807, 2.05) is 27.7 Å². The Morgan fingerprint density at radius 1 is 1.10 bits per heavy atom. The number of unbranched alkanes of at least 4 members (excludes halogenated alkanes) is 1. The van der Waals surface area contributed by atoms with E-state index in [9.17, 15) is 9.90 Å². The van der Waals surface area contributed by atoms with Gasteiger partial charge in [-0.3, -0.25) is 4.79 Å². The molecule has 0 aliphatic heterocycles. The number of oxazole rings is 1. The van der Waals surface area contributed by atoms with E-state index < -0.39 is 20.0 Å². The average Bonchev–Trinajstić information content (AvgIpc) is 3.19. The van der Waals surface area contributed by atoms with Gasteiger partial charge >= 0.3 is 5.97 Å². The van der Waals surface area contributed by atoms with Gasteiger partial charge in [-0.1, -0.05) is 51.5 Å². The number of carboxylic acid groups (broad SMARTS) is 1. The Bertz CT molecular complexity index is 711. The molecule has 1 atom stereocenters. The lowest BCUT2D eigenvalue weighted by Gasteiger charge is -2.21. The largest absolute Gasteiger partial charge is 0.481 e. The van der Waals surface area contributed by atoms with Crippen LogP contribution in [0.3, 0.4) is 0 Å². The summed E-state index contributed by atoms with van der Waals surface area (Å²) in [4.78, 5) is 16.2. The van der Waals surface area contributed by atoms with E-state index in [0.29, 0.717) is 25.5 Å². The lowest BCUT2D eigenvalue weighted by atomic mass is 10.0. The summed E-state index contributed by atoms with van der Waals surface area (Å²) in [6, 6.07) is 8.54. The molecule has 0 bridgehead atoms. The average molecular weight is 438 g/mol. The molecule has 1 aromatic heterocycles. The molecule has 168 valence electrons. The highest BCUT2D eigenvalue weighted by Gasteiger charge is 2.32. The van der Waals surface area contributed by atoms with Gasteiger partial charge in [0.1, 0.15) is 11.9 Å². The fraction of sp³-hybridized carbons (Fsp3) is 0.565. The molecule has 0 fully saturated rings. The van der Waals surface area contributed by atoms with Gasteiger partial charge < -0.3 is 18.6 Å². The monoisotopic (exact) mass is 437 g/mol. The summed E-state index contributed by atoms with van der Waals surface area (Å²) >= 11 is 0. The summed E-state index contributed by atoms with van der Waals surface area (Å²) in [7, 11) is -1.53. The molecule has 2 aromatic rings. The fourth-order valence-corrected chi connectivity index (χ4v) is 4.26. The van der Waals surface area contributed by atoms with Crippen LogP contribution in [-0.4, -0.2) is 34.9 Å². The Labute approximate surface area is 181 Å². The van der Waals surface area contributed by atoms with Crippen LogP contribution in [0.1, 0.15) is 70.2 Å². The van der Waals surface area contributed by atoms with Gasteiger partial charge in [-0.2, -0.15) is 0 Å². The molecule has 0 aliphatic carbocycles. The van der Waals surface area contributed by atoms with Gasteiger partial charge in [-0.25, -0.2) is 4.98 Å². The molecule has 0 aliphatic rings.